The van der Waals surface area contributed by atoms with Crippen molar-refractivity contribution in [3.8, 4) is 0 Å². The van der Waals surface area contributed by atoms with Crippen LogP contribution in [0.4, 0.5) is 0 Å². The van der Waals surface area contributed by atoms with E-state index in [1.54, 1.807) is 0 Å². The molecule has 82 valence electrons. The lowest BCUT2D eigenvalue weighted by Crippen LogP contribution is -2.15. The van der Waals surface area contributed by atoms with E-state index in [2.05, 4.69) is 44.2 Å². The number of benzene rings is 1. The van der Waals surface area contributed by atoms with Crippen LogP contribution in [0.15, 0.2) is 30.3 Å². The number of hydrogen-bond donors (Lipinski definition) is 0. The maximum Gasteiger partial charge on any atom is 0.144 e. The fourth-order valence-electron chi connectivity index (χ4n) is 2.20. The second-order valence-electron chi connectivity index (χ2n) is 4.49. The lowest BCUT2D eigenvalue weighted by atomic mass is 9.41. The highest BCUT2D eigenvalue weighted by Gasteiger charge is 2.12. The van der Waals surface area contributed by atoms with Crippen LogP contribution in [0.25, 0.3) is 0 Å². The zero-order chi connectivity index (χ0) is 10.9. The monoisotopic (exact) mass is 202 g/mol. The van der Waals surface area contributed by atoms with E-state index in [1.807, 2.05) is 0 Å². The second kappa shape index (κ2) is 7.56. The van der Waals surface area contributed by atoms with E-state index in [0.717, 1.165) is 6.71 Å². The molecule has 0 atom stereocenters. The molecule has 15 heavy (non-hydrogen) atoms. The van der Waals surface area contributed by atoms with Gasteiger partial charge in [0, 0.05) is 0 Å². The molecule has 0 aliphatic heterocycles. The van der Waals surface area contributed by atoms with Gasteiger partial charge in [-0.25, -0.2) is 0 Å². The van der Waals surface area contributed by atoms with Crippen molar-refractivity contribution in [1.29, 1.82) is 0 Å². The first-order valence-electron chi connectivity index (χ1n) is 6.40. The Hall–Kier alpha value is -0.715. The van der Waals surface area contributed by atoms with Gasteiger partial charge in [-0.1, -0.05) is 81.6 Å². The van der Waals surface area contributed by atoms with Crippen molar-refractivity contribution in [2.45, 2.75) is 52.1 Å². The Morgan fingerprint density at radius 2 is 1.67 bits per heavy atom. The normalized spacial score (nSPS) is 10.3. The van der Waals surface area contributed by atoms with Crippen molar-refractivity contribution in [3.63, 3.8) is 0 Å². The Morgan fingerprint density at radius 1 is 0.933 bits per heavy atom. The molecule has 0 radical (unpaired) electrons. The van der Waals surface area contributed by atoms with E-state index in [0.29, 0.717) is 0 Å². The summed E-state index contributed by atoms with van der Waals surface area (Å²) in [7, 11) is 0. The summed E-state index contributed by atoms with van der Waals surface area (Å²) < 4.78 is 0. The third-order valence-electron chi connectivity index (χ3n) is 3.03. The summed E-state index contributed by atoms with van der Waals surface area (Å²) >= 11 is 0. The molecule has 0 bridgehead atoms. The van der Waals surface area contributed by atoms with Crippen LogP contribution in [0, 0.1) is 0 Å². The summed E-state index contributed by atoms with van der Waals surface area (Å²) in [4.78, 5) is 0. The molecule has 1 heteroatoms. The molecule has 1 aromatic rings. The molecule has 0 heterocycles. The quantitative estimate of drug-likeness (QED) is 0.572. The van der Waals surface area contributed by atoms with Crippen LogP contribution in [0.3, 0.4) is 0 Å². The van der Waals surface area contributed by atoms with E-state index in [9.17, 15) is 0 Å². The summed E-state index contributed by atoms with van der Waals surface area (Å²) in [6.07, 6.45) is 8.09. The molecule has 0 N–H and O–H groups in total. The van der Waals surface area contributed by atoms with Gasteiger partial charge in [0.2, 0.25) is 0 Å². The average molecular weight is 202 g/mol. The smallest absolute Gasteiger partial charge is 0.0741 e. The fraction of sp³-hybridized carbons (Fsp3) is 0.571. The van der Waals surface area contributed by atoms with Crippen LogP contribution in [0.1, 0.15) is 38.7 Å². The molecule has 1 aromatic carbocycles. The van der Waals surface area contributed by atoms with E-state index < -0.39 is 0 Å². The maximum absolute atomic E-state index is 2.30. The molecule has 0 aliphatic rings. The summed E-state index contributed by atoms with van der Waals surface area (Å²) in [6, 6.07) is 10.9. The molecule has 0 fully saturated rings. The van der Waals surface area contributed by atoms with Crippen molar-refractivity contribution >= 4 is 6.71 Å². The Morgan fingerprint density at radius 3 is 2.27 bits per heavy atom. The van der Waals surface area contributed by atoms with Crippen molar-refractivity contribution in [2.75, 3.05) is 0 Å². The predicted molar refractivity (Wildman–Crippen MR) is 70.7 cm³/mol. The molecule has 0 spiro atoms. The maximum atomic E-state index is 2.30. The molecule has 0 nitrogen and oxygen atoms in total. The predicted octanol–water partition coefficient (Wildman–Crippen LogP) is 4.47. The molecule has 0 saturated heterocycles. The number of rotatable bonds is 7. The number of hydrogen-bond acceptors (Lipinski definition) is 0. The molecule has 0 aromatic heterocycles. The fourth-order valence-corrected chi connectivity index (χ4v) is 2.20. The molecule has 0 aliphatic carbocycles. The van der Waals surface area contributed by atoms with Gasteiger partial charge in [-0.3, -0.25) is 0 Å². The minimum Gasteiger partial charge on any atom is -0.0741 e. The van der Waals surface area contributed by atoms with E-state index >= 15 is 0 Å². The van der Waals surface area contributed by atoms with E-state index in [1.165, 1.54) is 43.8 Å². The van der Waals surface area contributed by atoms with Crippen molar-refractivity contribution in [3.05, 3.63) is 35.9 Å². The summed E-state index contributed by atoms with van der Waals surface area (Å²) in [5, 5.41) is 0. The van der Waals surface area contributed by atoms with Crippen molar-refractivity contribution in [2.24, 2.45) is 0 Å². The topological polar surface area (TPSA) is 0 Å². The van der Waals surface area contributed by atoms with Gasteiger partial charge in [0.05, 0.1) is 0 Å². The lowest BCUT2D eigenvalue weighted by molar-refractivity contribution is 0.861. The highest BCUT2D eigenvalue weighted by Crippen LogP contribution is 2.13. The first kappa shape index (κ1) is 12.4. The molecular weight excluding hydrogens is 179 g/mol. The lowest BCUT2D eigenvalue weighted by Gasteiger charge is -2.12. The van der Waals surface area contributed by atoms with Gasteiger partial charge in [0.25, 0.3) is 0 Å². The summed E-state index contributed by atoms with van der Waals surface area (Å²) in [5.41, 5.74) is 1.51. The zero-order valence-electron chi connectivity index (χ0n) is 10.2. The number of unbranched alkanes of at least 4 members (excludes halogenated alkanes) is 1. The van der Waals surface area contributed by atoms with Gasteiger partial charge >= 0.3 is 0 Å². The minimum atomic E-state index is 0.900. The van der Waals surface area contributed by atoms with Crippen molar-refractivity contribution < 1.29 is 0 Å². The van der Waals surface area contributed by atoms with Gasteiger partial charge in [-0.15, -0.1) is 0 Å². The highest BCUT2D eigenvalue weighted by molar-refractivity contribution is 6.58. The van der Waals surface area contributed by atoms with Crippen LogP contribution in [-0.2, 0) is 6.32 Å². The molecule has 0 amide bonds. The SMILES string of the molecule is CCCCB(CCC)Cc1ccccc1. The van der Waals surface area contributed by atoms with Gasteiger partial charge < -0.3 is 0 Å². The Balaban J connectivity index is 2.43. The summed E-state index contributed by atoms with van der Waals surface area (Å²) in [5.74, 6) is 0. The van der Waals surface area contributed by atoms with Gasteiger partial charge in [0.15, 0.2) is 0 Å². The van der Waals surface area contributed by atoms with Crippen LogP contribution < -0.4 is 0 Å². The third-order valence-corrected chi connectivity index (χ3v) is 3.03. The van der Waals surface area contributed by atoms with Crippen LogP contribution >= 0.6 is 0 Å². The van der Waals surface area contributed by atoms with Crippen molar-refractivity contribution in [1.82, 2.24) is 0 Å². The van der Waals surface area contributed by atoms with Crippen LogP contribution in [0.2, 0.25) is 12.6 Å². The van der Waals surface area contributed by atoms with E-state index in [4.69, 9.17) is 0 Å². The first-order valence-corrected chi connectivity index (χ1v) is 6.40. The minimum absolute atomic E-state index is 0.900. The Bertz CT molecular complexity index is 243. The zero-order valence-corrected chi connectivity index (χ0v) is 10.2. The molecule has 0 saturated carbocycles. The van der Waals surface area contributed by atoms with E-state index in [-0.39, 0.29) is 0 Å². The highest BCUT2D eigenvalue weighted by atomic mass is 13.9. The first-order chi connectivity index (χ1) is 7.36. The summed E-state index contributed by atoms with van der Waals surface area (Å²) in [6.45, 7) is 5.48. The molecule has 0 unspecified atom stereocenters. The largest absolute Gasteiger partial charge is 0.144 e. The van der Waals surface area contributed by atoms with Gasteiger partial charge in [-0.2, -0.15) is 0 Å². The second-order valence-corrected chi connectivity index (χ2v) is 4.49. The van der Waals surface area contributed by atoms with Crippen LogP contribution in [-0.4, -0.2) is 6.71 Å². The third kappa shape index (κ3) is 5.06. The standard InChI is InChI=1S/C14H23B/c1-3-5-12-15(11-4-2)13-14-9-7-6-8-10-14/h6-10H,3-5,11-13H2,1-2H3. The Kier molecular flexibility index (Phi) is 6.23. The average Bonchev–Trinajstić information content (AvgIpc) is 2.28. The Labute approximate surface area is 95.2 Å². The molecule has 1 rings (SSSR count). The van der Waals surface area contributed by atoms with Gasteiger partial charge in [-0.05, 0) is 6.32 Å². The van der Waals surface area contributed by atoms with Gasteiger partial charge in [0.1, 0.15) is 6.71 Å². The van der Waals surface area contributed by atoms with Crippen LogP contribution in [0.5, 0.6) is 0 Å². The molecular formula is C14H23B.